The van der Waals surface area contributed by atoms with E-state index in [1.807, 2.05) is 31.2 Å². The lowest BCUT2D eigenvalue weighted by Gasteiger charge is -2.32. The van der Waals surface area contributed by atoms with Crippen LogP contribution in [-0.4, -0.2) is 41.7 Å². The molecule has 1 aromatic carbocycles. The molecule has 0 spiro atoms. The second-order valence-electron chi connectivity index (χ2n) is 5.84. The van der Waals surface area contributed by atoms with Crippen LogP contribution in [0.4, 0.5) is 0 Å². The Labute approximate surface area is 146 Å². The van der Waals surface area contributed by atoms with E-state index in [0.717, 1.165) is 35.3 Å². The van der Waals surface area contributed by atoms with Gasteiger partial charge >= 0.3 is 0 Å². The van der Waals surface area contributed by atoms with Crippen LogP contribution in [0.5, 0.6) is 0 Å². The van der Waals surface area contributed by atoms with Gasteiger partial charge in [-0.2, -0.15) is 0 Å². The van der Waals surface area contributed by atoms with Crippen LogP contribution >= 0.6 is 27.7 Å². The van der Waals surface area contributed by atoms with Gasteiger partial charge in [-0.25, -0.2) is 0 Å². The van der Waals surface area contributed by atoms with Gasteiger partial charge in [0.15, 0.2) is 0 Å². The maximum atomic E-state index is 12.3. The molecule has 122 valence electrons. The van der Waals surface area contributed by atoms with Crippen LogP contribution in [-0.2, 0) is 4.79 Å². The topological polar surface area (TPSA) is 32.3 Å². The average molecular weight is 385 g/mol. The molecule has 0 bridgehead atoms. The zero-order chi connectivity index (χ0) is 15.9. The van der Waals surface area contributed by atoms with Crippen molar-refractivity contribution < 1.29 is 4.79 Å². The molecule has 5 heteroatoms. The summed E-state index contributed by atoms with van der Waals surface area (Å²) in [5.74, 6) is 0.155. The predicted octanol–water partition coefficient (Wildman–Crippen LogP) is 3.92. The Balaban J connectivity index is 1.76. The number of hydrogen-bond donors (Lipinski definition) is 1. The lowest BCUT2D eigenvalue weighted by atomic mass is 10.0. The zero-order valence-electron chi connectivity index (χ0n) is 13.3. The number of amides is 1. The molecule has 1 amide bonds. The van der Waals surface area contributed by atoms with Gasteiger partial charge in [0.25, 0.3) is 0 Å². The number of benzene rings is 1. The molecule has 0 radical (unpaired) electrons. The molecule has 1 fully saturated rings. The van der Waals surface area contributed by atoms with Gasteiger partial charge in [0.2, 0.25) is 5.91 Å². The van der Waals surface area contributed by atoms with Gasteiger partial charge < -0.3 is 10.2 Å². The highest BCUT2D eigenvalue weighted by atomic mass is 79.9. The summed E-state index contributed by atoms with van der Waals surface area (Å²) >= 11 is 5.04. The number of halogens is 1. The fraction of sp³-hybridized carbons (Fsp3) is 0.588. The lowest BCUT2D eigenvalue weighted by molar-refractivity contribution is -0.121. The molecule has 0 unspecified atom stereocenters. The Morgan fingerprint density at radius 3 is 2.59 bits per heavy atom. The molecule has 1 N–H and O–H groups in total. The molecule has 1 atom stereocenters. The maximum absolute atomic E-state index is 12.3. The van der Waals surface area contributed by atoms with Crippen molar-refractivity contribution in [3.05, 3.63) is 28.7 Å². The van der Waals surface area contributed by atoms with Crippen LogP contribution in [0.25, 0.3) is 0 Å². The van der Waals surface area contributed by atoms with E-state index in [1.165, 1.54) is 13.0 Å². The summed E-state index contributed by atoms with van der Waals surface area (Å²) in [4.78, 5) is 16.0. The minimum Gasteiger partial charge on any atom is -0.352 e. The van der Waals surface area contributed by atoms with Gasteiger partial charge in [0.05, 0.1) is 5.25 Å². The summed E-state index contributed by atoms with van der Waals surface area (Å²) in [6.45, 7) is 7.58. The van der Waals surface area contributed by atoms with E-state index in [4.69, 9.17) is 0 Å². The molecule has 3 nitrogen and oxygen atoms in total. The van der Waals surface area contributed by atoms with E-state index in [1.54, 1.807) is 11.8 Å². The minimum atomic E-state index is -0.0603. The normalized spacial score (nSPS) is 18.1. The second kappa shape index (κ2) is 8.94. The van der Waals surface area contributed by atoms with Gasteiger partial charge in [-0.15, -0.1) is 11.8 Å². The average Bonchev–Trinajstić information content (AvgIpc) is 2.51. The number of piperidine rings is 1. The van der Waals surface area contributed by atoms with Crippen LogP contribution in [0.1, 0.15) is 33.1 Å². The van der Waals surface area contributed by atoms with Crippen molar-refractivity contribution in [2.45, 2.75) is 49.3 Å². The number of likely N-dealkylation sites (tertiary alicyclic amines) is 1. The molecule has 0 saturated carbocycles. The minimum absolute atomic E-state index is 0.0603. The number of hydrogen-bond acceptors (Lipinski definition) is 3. The first kappa shape index (κ1) is 17.8. The Kier molecular flexibility index (Phi) is 7.25. The van der Waals surface area contributed by atoms with Crippen LogP contribution in [0.2, 0.25) is 0 Å². The molecule has 1 aromatic rings. The number of rotatable bonds is 6. The van der Waals surface area contributed by atoms with Gasteiger partial charge in [-0.3, -0.25) is 4.79 Å². The SMILES string of the molecule is CCCN1CCC(NC(=O)[C@@H](C)Sc2ccc(Br)cc2)CC1. The van der Waals surface area contributed by atoms with Crippen molar-refractivity contribution >= 4 is 33.6 Å². The van der Waals surface area contributed by atoms with E-state index in [-0.39, 0.29) is 11.2 Å². The van der Waals surface area contributed by atoms with E-state index in [0.29, 0.717) is 6.04 Å². The predicted molar refractivity (Wildman–Crippen MR) is 97.4 cm³/mol. The summed E-state index contributed by atoms with van der Waals surface area (Å²) in [6.07, 6.45) is 3.35. The fourth-order valence-corrected chi connectivity index (χ4v) is 3.85. The summed E-state index contributed by atoms with van der Waals surface area (Å²) in [7, 11) is 0. The van der Waals surface area contributed by atoms with Crippen molar-refractivity contribution in [1.29, 1.82) is 0 Å². The fourth-order valence-electron chi connectivity index (χ4n) is 2.71. The van der Waals surface area contributed by atoms with Crippen LogP contribution in [0.3, 0.4) is 0 Å². The quantitative estimate of drug-likeness (QED) is 0.754. The molecule has 0 aromatic heterocycles. The molecule has 2 rings (SSSR count). The molecule has 1 heterocycles. The number of carbonyl (C=O) groups excluding carboxylic acids is 1. The lowest BCUT2D eigenvalue weighted by Crippen LogP contribution is -2.46. The first-order valence-electron chi connectivity index (χ1n) is 8.03. The summed E-state index contributed by atoms with van der Waals surface area (Å²) in [6, 6.07) is 8.45. The highest BCUT2D eigenvalue weighted by Crippen LogP contribution is 2.25. The van der Waals surface area contributed by atoms with Crippen molar-refractivity contribution in [3.8, 4) is 0 Å². The van der Waals surface area contributed by atoms with E-state index >= 15 is 0 Å². The van der Waals surface area contributed by atoms with Crippen molar-refractivity contribution in [1.82, 2.24) is 10.2 Å². The van der Waals surface area contributed by atoms with Crippen molar-refractivity contribution in [3.63, 3.8) is 0 Å². The van der Waals surface area contributed by atoms with E-state index in [9.17, 15) is 4.79 Å². The molecule has 0 aliphatic carbocycles. The third kappa shape index (κ3) is 5.60. The van der Waals surface area contributed by atoms with Crippen LogP contribution in [0.15, 0.2) is 33.6 Å². The smallest absolute Gasteiger partial charge is 0.233 e. The largest absolute Gasteiger partial charge is 0.352 e. The number of thioether (sulfide) groups is 1. The third-order valence-electron chi connectivity index (χ3n) is 3.97. The molecule has 1 aliphatic heterocycles. The molecule has 1 aliphatic rings. The van der Waals surface area contributed by atoms with Gasteiger partial charge in [0, 0.05) is 28.5 Å². The Bertz CT molecular complexity index is 472. The van der Waals surface area contributed by atoms with Crippen LogP contribution < -0.4 is 5.32 Å². The molecular weight excluding hydrogens is 360 g/mol. The number of nitrogens with one attached hydrogen (secondary N) is 1. The maximum Gasteiger partial charge on any atom is 0.233 e. The number of nitrogens with zero attached hydrogens (tertiary/aromatic N) is 1. The van der Waals surface area contributed by atoms with Crippen molar-refractivity contribution in [2.24, 2.45) is 0 Å². The Hall–Kier alpha value is -0.520. The summed E-state index contributed by atoms with van der Waals surface area (Å²) in [5, 5.41) is 3.16. The standard InChI is InChI=1S/C17H25BrN2OS/c1-3-10-20-11-8-15(9-12-20)19-17(21)13(2)22-16-6-4-14(18)5-7-16/h4-7,13,15H,3,8-12H2,1-2H3,(H,19,21)/t13-/m1/s1. The van der Waals surface area contributed by atoms with Crippen molar-refractivity contribution in [2.75, 3.05) is 19.6 Å². The highest BCUT2D eigenvalue weighted by molar-refractivity contribution is 9.10. The summed E-state index contributed by atoms with van der Waals surface area (Å²) < 4.78 is 1.06. The third-order valence-corrected chi connectivity index (χ3v) is 5.61. The molecule has 1 saturated heterocycles. The van der Waals surface area contributed by atoms with Gasteiger partial charge in [-0.1, -0.05) is 22.9 Å². The monoisotopic (exact) mass is 384 g/mol. The number of carbonyl (C=O) groups is 1. The zero-order valence-corrected chi connectivity index (χ0v) is 15.8. The Morgan fingerprint density at radius 1 is 1.36 bits per heavy atom. The van der Waals surface area contributed by atoms with E-state index in [2.05, 4.69) is 33.1 Å². The first-order valence-corrected chi connectivity index (χ1v) is 9.70. The highest BCUT2D eigenvalue weighted by Gasteiger charge is 2.22. The molecular formula is C17H25BrN2OS. The summed E-state index contributed by atoms with van der Waals surface area (Å²) in [5.41, 5.74) is 0. The first-order chi connectivity index (χ1) is 10.6. The van der Waals surface area contributed by atoms with Gasteiger partial charge in [-0.05, 0) is 57.0 Å². The van der Waals surface area contributed by atoms with E-state index < -0.39 is 0 Å². The second-order valence-corrected chi connectivity index (χ2v) is 8.17. The van der Waals surface area contributed by atoms with Gasteiger partial charge in [0.1, 0.15) is 0 Å². The Morgan fingerprint density at radius 2 is 2.00 bits per heavy atom. The molecule has 22 heavy (non-hydrogen) atoms. The van der Waals surface area contributed by atoms with Crippen LogP contribution in [0, 0.1) is 0 Å².